The molecule has 1 aliphatic carbocycles. The van der Waals surface area contributed by atoms with Crippen LogP contribution in [0.2, 0.25) is 0 Å². The highest BCUT2D eigenvalue weighted by atomic mass is 79.9. The van der Waals surface area contributed by atoms with Gasteiger partial charge in [0.05, 0.1) is 22.9 Å². The van der Waals surface area contributed by atoms with Gasteiger partial charge in [-0.05, 0) is 28.8 Å². The monoisotopic (exact) mass is 368 g/mol. The van der Waals surface area contributed by atoms with Crippen molar-refractivity contribution < 1.29 is 14.7 Å². The van der Waals surface area contributed by atoms with Crippen molar-refractivity contribution >= 4 is 27.8 Å². The summed E-state index contributed by atoms with van der Waals surface area (Å²) in [6.45, 7) is -0.118. The third-order valence-electron chi connectivity index (χ3n) is 3.25. The first-order valence-electron chi connectivity index (χ1n) is 6.67. The van der Waals surface area contributed by atoms with E-state index in [4.69, 9.17) is 5.11 Å². The lowest BCUT2D eigenvalue weighted by Crippen LogP contribution is -2.23. The van der Waals surface area contributed by atoms with E-state index in [1.807, 2.05) is 0 Å². The molecule has 2 heterocycles. The molecule has 1 saturated carbocycles. The number of nitrogens with zero attached hydrogens (tertiary/aromatic N) is 4. The average Bonchev–Trinajstić information content (AvgIpc) is 3.09. The topological polar surface area (TPSA) is 126 Å². The van der Waals surface area contributed by atoms with Crippen LogP contribution < -0.4 is 5.32 Å². The summed E-state index contributed by atoms with van der Waals surface area (Å²) in [5.41, 5.74) is 1.74. The van der Waals surface area contributed by atoms with E-state index in [0.29, 0.717) is 21.8 Å². The molecule has 10 heteroatoms. The van der Waals surface area contributed by atoms with E-state index < -0.39 is 5.97 Å². The van der Waals surface area contributed by atoms with Gasteiger partial charge in [0.1, 0.15) is 12.2 Å². The van der Waals surface area contributed by atoms with Gasteiger partial charge in [0, 0.05) is 5.92 Å². The molecule has 1 amide bonds. The maximum atomic E-state index is 12.1. The predicted molar refractivity (Wildman–Crippen MR) is 77.1 cm³/mol. The maximum Gasteiger partial charge on any atom is 0.325 e. The third kappa shape index (κ3) is 3.16. The van der Waals surface area contributed by atoms with E-state index >= 15 is 0 Å². The molecule has 0 spiro atoms. The van der Waals surface area contributed by atoms with Crippen LogP contribution in [0.4, 0.5) is 0 Å². The largest absolute Gasteiger partial charge is 0.480 e. The zero-order chi connectivity index (χ0) is 15.7. The van der Waals surface area contributed by atoms with Gasteiger partial charge in [-0.1, -0.05) is 5.21 Å². The molecule has 0 unspecified atom stereocenters. The molecule has 0 aliphatic heterocycles. The number of hydrogen-bond donors (Lipinski definition) is 3. The van der Waals surface area contributed by atoms with E-state index in [0.717, 1.165) is 18.5 Å². The van der Waals surface area contributed by atoms with E-state index in [9.17, 15) is 9.59 Å². The normalized spacial score (nSPS) is 14.0. The number of aromatic amines is 1. The van der Waals surface area contributed by atoms with Gasteiger partial charge in [-0.25, -0.2) is 4.68 Å². The number of carbonyl (C=O) groups excluding carboxylic acids is 1. The van der Waals surface area contributed by atoms with Gasteiger partial charge in [-0.15, -0.1) is 5.10 Å². The minimum atomic E-state index is -1.01. The number of nitrogens with one attached hydrogen (secondary N) is 2. The lowest BCUT2D eigenvalue weighted by Gasteiger charge is -2.00. The molecule has 116 valence electrons. The maximum absolute atomic E-state index is 12.1. The Morgan fingerprint density at radius 1 is 1.50 bits per heavy atom. The van der Waals surface area contributed by atoms with Crippen molar-refractivity contribution in [3.63, 3.8) is 0 Å². The van der Waals surface area contributed by atoms with Gasteiger partial charge in [-0.3, -0.25) is 14.7 Å². The van der Waals surface area contributed by atoms with Crippen molar-refractivity contribution in [2.24, 2.45) is 0 Å². The molecule has 9 nitrogen and oxygen atoms in total. The van der Waals surface area contributed by atoms with Crippen LogP contribution in [0.15, 0.2) is 10.7 Å². The Kier molecular flexibility index (Phi) is 3.92. The number of aromatic nitrogens is 5. The average molecular weight is 369 g/mol. The van der Waals surface area contributed by atoms with Gasteiger partial charge < -0.3 is 10.4 Å². The number of carbonyl (C=O) groups is 2. The number of rotatable bonds is 6. The van der Waals surface area contributed by atoms with Gasteiger partial charge >= 0.3 is 5.97 Å². The third-order valence-corrected chi connectivity index (χ3v) is 4.05. The number of amides is 1. The fraction of sp³-hybridized carbons (Fsp3) is 0.417. The Morgan fingerprint density at radius 2 is 2.27 bits per heavy atom. The second-order valence-corrected chi connectivity index (χ2v) is 5.85. The summed E-state index contributed by atoms with van der Waals surface area (Å²) in [5.74, 6) is -0.879. The Labute approximate surface area is 133 Å². The Bertz CT molecular complexity index is 720. The van der Waals surface area contributed by atoms with Gasteiger partial charge in [0.25, 0.3) is 5.91 Å². The van der Waals surface area contributed by atoms with E-state index in [1.165, 1.54) is 10.9 Å². The highest BCUT2D eigenvalue weighted by Gasteiger charge is 2.30. The minimum Gasteiger partial charge on any atom is -0.480 e. The molecule has 1 fully saturated rings. The number of hydrogen-bond acceptors (Lipinski definition) is 5. The Hall–Kier alpha value is -2.23. The summed E-state index contributed by atoms with van der Waals surface area (Å²) in [4.78, 5) is 22.7. The van der Waals surface area contributed by atoms with Crippen LogP contribution in [0.3, 0.4) is 0 Å². The first-order chi connectivity index (χ1) is 10.5. The number of carboxylic acid groups (broad SMARTS) is 1. The molecule has 22 heavy (non-hydrogen) atoms. The van der Waals surface area contributed by atoms with Gasteiger partial charge in [-0.2, -0.15) is 5.10 Å². The summed E-state index contributed by atoms with van der Waals surface area (Å²) in [7, 11) is 0. The van der Waals surface area contributed by atoms with Crippen LogP contribution >= 0.6 is 15.9 Å². The predicted octanol–water partition coefficient (Wildman–Crippen LogP) is 0.656. The number of carboxylic acids is 1. The van der Waals surface area contributed by atoms with Crippen LogP contribution in [0.5, 0.6) is 0 Å². The Balaban J connectivity index is 1.60. The summed E-state index contributed by atoms with van der Waals surface area (Å²) in [6.07, 6.45) is 3.69. The second-order valence-electron chi connectivity index (χ2n) is 5.06. The molecule has 1 aliphatic rings. The van der Waals surface area contributed by atoms with Crippen LogP contribution in [0.1, 0.15) is 40.6 Å². The summed E-state index contributed by atoms with van der Waals surface area (Å²) in [5, 5.41) is 25.7. The molecule has 0 bridgehead atoms. The van der Waals surface area contributed by atoms with E-state index in [-0.39, 0.29) is 19.0 Å². The van der Waals surface area contributed by atoms with Crippen LogP contribution in [-0.2, 0) is 17.9 Å². The van der Waals surface area contributed by atoms with Crippen LogP contribution in [0, 0.1) is 0 Å². The second kappa shape index (κ2) is 5.87. The van der Waals surface area contributed by atoms with Gasteiger partial charge in [0.15, 0.2) is 5.69 Å². The molecule has 0 saturated heterocycles. The molecule has 0 aromatic carbocycles. The molecule has 3 N–H and O–H groups in total. The first kappa shape index (κ1) is 14.7. The van der Waals surface area contributed by atoms with Crippen molar-refractivity contribution in [2.45, 2.75) is 31.8 Å². The van der Waals surface area contributed by atoms with Crippen LogP contribution in [-0.4, -0.2) is 42.2 Å². The van der Waals surface area contributed by atoms with Crippen molar-refractivity contribution in [1.82, 2.24) is 30.5 Å². The minimum absolute atomic E-state index is 0.149. The molecular weight excluding hydrogens is 356 g/mol. The fourth-order valence-electron chi connectivity index (χ4n) is 2.02. The molecule has 2 aromatic heterocycles. The lowest BCUT2D eigenvalue weighted by atomic mass is 10.2. The quantitative estimate of drug-likeness (QED) is 0.687. The van der Waals surface area contributed by atoms with Crippen molar-refractivity contribution in [2.75, 3.05) is 0 Å². The number of H-pyrrole nitrogens is 1. The zero-order valence-electron chi connectivity index (χ0n) is 11.4. The number of aliphatic carboxylic acids is 1. The van der Waals surface area contributed by atoms with E-state index in [1.54, 1.807) is 0 Å². The van der Waals surface area contributed by atoms with Gasteiger partial charge in [0.2, 0.25) is 0 Å². The number of halogens is 1. The van der Waals surface area contributed by atoms with Crippen molar-refractivity contribution in [1.29, 1.82) is 0 Å². The van der Waals surface area contributed by atoms with Crippen molar-refractivity contribution in [3.8, 4) is 0 Å². The molecule has 2 aromatic rings. The summed E-state index contributed by atoms with van der Waals surface area (Å²) < 4.78 is 1.89. The van der Waals surface area contributed by atoms with Crippen molar-refractivity contribution in [3.05, 3.63) is 27.8 Å². The summed E-state index contributed by atoms with van der Waals surface area (Å²) >= 11 is 3.40. The lowest BCUT2D eigenvalue weighted by molar-refractivity contribution is -0.137. The SMILES string of the molecule is O=C(O)Cn1cc(CNC(=O)c2n[nH]c(C3CC3)c2Br)nn1. The fourth-order valence-corrected chi connectivity index (χ4v) is 2.71. The smallest absolute Gasteiger partial charge is 0.325 e. The highest BCUT2D eigenvalue weighted by molar-refractivity contribution is 9.10. The van der Waals surface area contributed by atoms with E-state index in [2.05, 4.69) is 41.8 Å². The Morgan fingerprint density at radius 3 is 2.95 bits per heavy atom. The van der Waals surface area contributed by atoms with Crippen LogP contribution in [0.25, 0.3) is 0 Å². The first-order valence-corrected chi connectivity index (χ1v) is 7.46. The molecule has 0 radical (unpaired) electrons. The summed E-state index contributed by atoms with van der Waals surface area (Å²) in [6, 6.07) is 0. The molecule has 3 rings (SSSR count). The highest BCUT2D eigenvalue weighted by Crippen LogP contribution is 2.42. The molecular formula is C12H13BrN6O3. The molecule has 0 atom stereocenters. The standard InChI is InChI=1S/C12H13BrN6O3/c13-9-10(6-1-2-6)16-17-11(9)12(22)14-3-7-4-19(18-15-7)5-8(20)21/h4,6H,1-3,5H2,(H,14,22)(H,16,17)(H,20,21). The zero-order valence-corrected chi connectivity index (χ0v) is 13.0.